The Bertz CT molecular complexity index is 1080. The van der Waals surface area contributed by atoms with Gasteiger partial charge in [0.1, 0.15) is 23.1 Å². The number of carbonyl (C=O) groups is 1. The first kappa shape index (κ1) is 20.1. The van der Waals surface area contributed by atoms with Gasteiger partial charge in [0.25, 0.3) is 11.5 Å². The fourth-order valence-corrected chi connectivity index (χ4v) is 2.77. The first-order chi connectivity index (χ1) is 13.7. The monoisotopic (exact) mass is 403 g/mol. The maximum absolute atomic E-state index is 13.4. The Morgan fingerprint density at radius 2 is 1.90 bits per heavy atom. The summed E-state index contributed by atoms with van der Waals surface area (Å²) in [6.45, 7) is 1.81. The molecule has 1 amide bonds. The number of rotatable bonds is 5. The van der Waals surface area contributed by atoms with Gasteiger partial charge in [0.2, 0.25) is 0 Å². The number of nitrogens with two attached hydrogens (primary N) is 1. The van der Waals surface area contributed by atoms with Crippen LogP contribution in [0.5, 0.6) is 5.75 Å². The van der Waals surface area contributed by atoms with Gasteiger partial charge in [-0.25, -0.2) is 0 Å². The molecule has 2 heterocycles. The molecule has 0 spiro atoms. The van der Waals surface area contributed by atoms with Gasteiger partial charge in [0, 0.05) is 23.5 Å². The lowest BCUT2D eigenvalue weighted by Gasteiger charge is -2.16. The molecule has 3 N–H and O–H groups in total. The van der Waals surface area contributed by atoms with E-state index < -0.39 is 28.9 Å². The number of halogens is 3. The smallest absolute Gasteiger partial charge is 0.431 e. The van der Waals surface area contributed by atoms with Crippen molar-refractivity contribution in [3.8, 4) is 16.9 Å². The summed E-state index contributed by atoms with van der Waals surface area (Å²) in [6.07, 6.45) is -1.86. The standard InChI is InChI=1S/C20H16F3N3O3/c1-11(13-3-2-8-25-10-13)29-14-6-4-12(5-7-14)15-9-16(18(24)27)19(28)26-17(15)20(21,22)23/h2-11H,1H3,(H2,24,27)(H,26,28)/t11-/m1/s1. The van der Waals surface area contributed by atoms with Gasteiger partial charge in [-0.2, -0.15) is 13.2 Å². The summed E-state index contributed by atoms with van der Waals surface area (Å²) in [4.78, 5) is 28.8. The number of carbonyl (C=O) groups excluding carboxylic acids is 1. The van der Waals surface area contributed by atoms with Gasteiger partial charge in [-0.3, -0.25) is 14.6 Å². The molecule has 9 heteroatoms. The molecule has 0 fully saturated rings. The quantitative estimate of drug-likeness (QED) is 0.679. The van der Waals surface area contributed by atoms with Crippen molar-refractivity contribution in [1.29, 1.82) is 0 Å². The zero-order valence-corrected chi connectivity index (χ0v) is 15.2. The number of hydrogen-bond acceptors (Lipinski definition) is 4. The highest BCUT2D eigenvalue weighted by Crippen LogP contribution is 2.36. The number of alkyl halides is 3. The lowest BCUT2D eigenvalue weighted by Crippen LogP contribution is -2.27. The van der Waals surface area contributed by atoms with Gasteiger partial charge in [-0.1, -0.05) is 18.2 Å². The van der Waals surface area contributed by atoms with E-state index in [0.717, 1.165) is 11.6 Å². The second kappa shape index (κ2) is 7.78. The van der Waals surface area contributed by atoms with Crippen molar-refractivity contribution in [3.63, 3.8) is 0 Å². The minimum atomic E-state index is -4.82. The van der Waals surface area contributed by atoms with Gasteiger partial charge >= 0.3 is 6.18 Å². The molecule has 1 atom stereocenters. The van der Waals surface area contributed by atoms with Gasteiger partial charge < -0.3 is 15.5 Å². The predicted octanol–water partition coefficient (Wildman–Crippen LogP) is 3.69. The number of nitrogens with one attached hydrogen (secondary N) is 1. The largest absolute Gasteiger partial charge is 0.486 e. The third-order valence-electron chi connectivity index (χ3n) is 4.22. The van der Waals surface area contributed by atoms with Crippen molar-refractivity contribution >= 4 is 5.91 Å². The molecular formula is C20H16F3N3O3. The highest BCUT2D eigenvalue weighted by Gasteiger charge is 2.36. The molecule has 0 aliphatic heterocycles. The van der Waals surface area contributed by atoms with Crippen LogP contribution in [0.4, 0.5) is 13.2 Å². The highest BCUT2D eigenvalue weighted by molar-refractivity contribution is 5.94. The van der Waals surface area contributed by atoms with E-state index in [9.17, 15) is 22.8 Å². The molecule has 0 radical (unpaired) electrons. The molecule has 0 aliphatic carbocycles. The highest BCUT2D eigenvalue weighted by atomic mass is 19.4. The number of amides is 1. The SMILES string of the molecule is C[C@@H](Oc1ccc(-c2cc(C(N)=O)c(=O)[nH]c2C(F)(F)F)cc1)c1cccnc1. The molecular weight excluding hydrogens is 387 g/mol. The Balaban J connectivity index is 1.96. The minimum Gasteiger partial charge on any atom is -0.486 e. The van der Waals surface area contributed by atoms with Crippen molar-refractivity contribution in [2.24, 2.45) is 5.73 Å². The predicted molar refractivity (Wildman–Crippen MR) is 99.3 cm³/mol. The zero-order valence-electron chi connectivity index (χ0n) is 15.2. The van der Waals surface area contributed by atoms with Crippen molar-refractivity contribution in [2.75, 3.05) is 0 Å². The number of ether oxygens (including phenoxy) is 1. The molecule has 0 saturated heterocycles. The molecule has 1 aromatic carbocycles. The maximum atomic E-state index is 13.4. The van der Waals surface area contributed by atoms with Gasteiger partial charge in [0.15, 0.2) is 0 Å². The van der Waals surface area contributed by atoms with Crippen molar-refractivity contribution < 1.29 is 22.7 Å². The lowest BCUT2D eigenvalue weighted by molar-refractivity contribution is -0.140. The van der Waals surface area contributed by atoms with Gasteiger partial charge in [0.05, 0.1) is 0 Å². The molecule has 150 valence electrons. The van der Waals surface area contributed by atoms with Crippen LogP contribution in [0.15, 0.2) is 59.7 Å². The Hall–Kier alpha value is -3.62. The molecule has 3 rings (SSSR count). The van der Waals surface area contributed by atoms with Crippen molar-refractivity contribution in [3.05, 3.63) is 82.0 Å². The Morgan fingerprint density at radius 3 is 2.45 bits per heavy atom. The summed E-state index contributed by atoms with van der Waals surface area (Å²) in [5.41, 5.74) is 2.69. The average molecular weight is 403 g/mol. The number of benzene rings is 1. The van der Waals surface area contributed by atoms with Crippen LogP contribution in [-0.2, 0) is 6.18 Å². The molecule has 29 heavy (non-hydrogen) atoms. The second-order valence-corrected chi connectivity index (χ2v) is 6.23. The Kier molecular flexibility index (Phi) is 5.40. The summed E-state index contributed by atoms with van der Waals surface area (Å²) in [7, 11) is 0. The van der Waals surface area contributed by atoms with Crippen LogP contribution in [0.25, 0.3) is 11.1 Å². The van der Waals surface area contributed by atoms with Crippen LogP contribution in [0, 0.1) is 0 Å². The van der Waals surface area contributed by atoms with Gasteiger partial charge in [-0.05, 0) is 36.8 Å². The van der Waals surface area contributed by atoms with Crippen LogP contribution in [0.2, 0.25) is 0 Å². The van der Waals surface area contributed by atoms with E-state index in [-0.39, 0.29) is 17.2 Å². The summed E-state index contributed by atoms with van der Waals surface area (Å²) in [5.74, 6) is -0.690. The fourth-order valence-electron chi connectivity index (χ4n) is 2.77. The maximum Gasteiger partial charge on any atom is 0.431 e. The first-order valence-electron chi connectivity index (χ1n) is 8.48. The van der Waals surface area contributed by atoms with Crippen LogP contribution in [-0.4, -0.2) is 15.9 Å². The zero-order chi connectivity index (χ0) is 21.2. The minimum absolute atomic E-state index is 0.137. The van der Waals surface area contributed by atoms with E-state index in [1.54, 1.807) is 23.4 Å². The van der Waals surface area contributed by atoms with E-state index >= 15 is 0 Å². The summed E-state index contributed by atoms with van der Waals surface area (Å²) < 4.78 is 45.9. The van der Waals surface area contributed by atoms with E-state index in [1.165, 1.54) is 24.3 Å². The van der Waals surface area contributed by atoms with Gasteiger partial charge in [-0.15, -0.1) is 0 Å². The van der Waals surface area contributed by atoms with Crippen LogP contribution >= 0.6 is 0 Å². The van der Waals surface area contributed by atoms with Crippen LogP contribution in [0.3, 0.4) is 0 Å². The topological polar surface area (TPSA) is 98.1 Å². The van der Waals surface area contributed by atoms with E-state index in [4.69, 9.17) is 10.5 Å². The molecule has 0 aliphatic rings. The number of pyridine rings is 2. The normalized spacial score (nSPS) is 12.4. The number of primary amides is 1. The first-order valence-corrected chi connectivity index (χ1v) is 8.48. The third kappa shape index (κ3) is 4.45. The van der Waals surface area contributed by atoms with Crippen molar-refractivity contribution in [1.82, 2.24) is 9.97 Å². The third-order valence-corrected chi connectivity index (χ3v) is 4.22. The van der Waals surface area contributed by atoms with Crippen molar-refractivity contribution in [2.45, 2.75) is 19.2 Å². The van der Waals surface area contributed by atoms with E-state index in [2.05, 4.69) is 4.98 Å². The molecule has 6 nitrogen and oxygen atoms in total. The molecule has 3 aromatic rings. The molecule has 2 aromatic heterocycles. The fraction of sp³-hybridized carbons (Fsp3) is 0.150. The number of aromatic amines is 1. The van der Waals surface area contributed by atoms with E-state index in [0.29, 0.717) is 5.75 Å². The summed E-state index contributed by atoms with van der Waals surface area (Å²) >= 11 is 0. The Morgan fingerprint density at radius 1 is 1.21 bits per heavy atom. The number of H-pyrrole nitrogens is 1. The summed E-state index contributed by atoms with van der Waals surface area (Å²) in [6, 6.07) is 10.3. The molecule has 0 unspecified atom stereocenters. The average Bonchev–Trinajstić information content (AvgIpc) is 2.68. The molecule has 0 saturated carbocycles. The number of hydrogen-bond donors (Lipinski definition) is 2. The molecule has 0 bridgehead atoms. The number of aromatic nitrogens is 2. The van der Waals surface area contributed by atoms with E-state index in [1.807, 2.05) is 13.0 Å². The lowest BCUT2D eigenvalue weighted by atomic mass is 10.0. The Labute approximate surface area is 163 Å². The van der Waals surface area contributed by atoms with Crippen LogP contribution < -0.4 is 16.0 Å². The number of nitrogens with zero attached hydrogens (tertiary/aromatic N) is 1. The summed E-state index contributed by atoms with van der Waals surface area (Å²) in [5, 5.41) is 0. The second-order valence-electron chi connectivity index (χ2n) is 6.23. The van der Waals surface area contributed by atoms with Crippen LogP contribution in [0.1, 0.15) is 34.6 Å².